The first kappa shape index (κ1) is 16.3. The van der Waals surface area contributed by atoms with Crippen molar-refractivity contribution in [3.05, 3.63) is 30.3 Å². The Balaban J connectivity index is 2.51. The second kappa shape index (κ2) is 9.20. The maximum absolute atomic E-state index is 8.61. The van der Waals surface area contributed by atoms with Crippen LogP contribution in [0.3, 0.4) is 0 Å². The van der Waals surface area contributed by atoms with Crippen LogP contribution in [0.4, 0.5) is 5.69 Å². The molecule has 0 atom stereocenters. The molecular formula is C15H25N3O2. The molecule has 5 heteroatoms. The van der Waals surface area contributed by atoms with Gasteiger partial charge in [0.15, 0.2) is 0 Å². The monoisotopic (exact) mass is 279 g/mol. The molecule has 0 spiro atoms. The van der Waals surface area contributed by atoms with Crippen molar-refractivity contribution >= 4 is 11.5 Å². The van der Waals surface area contributed by atoms with Crippen LogP contribution in [0.1, 0.15) is 20.3 Å². The summed E-state index contributed by atoms with van der Waals surface area (Å²) in [6, 6.07) is 10.1. The fourth-order valence-electron chi connectivity index (χ4n) is 1.80. The van der Waals surface area contributed by atoms with Crippen LogP contribution in [-0.4, -0.2) is 37.3 Å². The predicted molar refractivity (Wildman–Crippen MR) is 82.3 cm³/mol. The van der Waals surface area contributed by atoms with Gasteiger partial charge in [0.2, 0.25) is 0 Å². The van der Waals surface area contributed by atoms with Gasteiger partial charge in [-0.05, 0) is 18.1 Å². The van der Waals surface area contributed by atoms with E-state index in [1.807, 2.05) is 18.2 Å². The number of nitrogens with zero attached hydrogens (tertiary/aromatic N) is 2. The van der Waals surface area contributed by atoms with Crippen LogP contribution in [0, 0.1) is 5.92 Å². The van der Waals surface area contributed by atoms with E-state index in [9.17, 15) is 0 Å². The number of para-hydroxylation sites is 1. The Morgan fingerprint density at radius 2 is 2.00 bits per heavy atom. The van der Waals surface area contributed by atoms with Gasteiger partial charge in [0, 0.05) is 31.8 Å². The third-order valence-corrected chi connectivity index (χ3v) is 2.84. The third-order valence-electron chi connectivity index (χ3n) is 2.84. The average Bonchev–Trinajstić information content (AvgIpc) is 2.46. The van der Waals surface area contributed by atoms with E-state index in [0.717, 1.165) is 18.8 Å². The molecule has 0 saturated heterocycles. The van der Waals surface area contributed by atoms with Crippen molar-refractivity contribution in [2.75, 3.05) is 31.2 Å². The second-order valence-electron chi connectivity index (χ2n) is 5.13. The predicted octanol–water partition coefficient (Wildman–Crippen LogP) is 2.30. The Morgan fingerprint density at radius 1 is 1.30 bits per heavy atom. The normalized spacial score (nSPS) is 11.8. The van der Waals surface area contributed by atoms with Gasteiger partial charge in [0.25, 0.3) is 0 Å². The van der Waals surface area contributed by atoms with E-state index in [1.54, 1.807) is 0 Å². The largest absolute Gasteiger partial charge is 0.409 e. The molecule has 0 radical (unpaired) electrons. The van der Waals surface area contributed by atoms with Gasteiger partial charge in [-0.25, -0.2) is 0 Å². The molecular weight excluding hydrogens is 254 g/mol. The van der Waals surface area contributed by atoms with Gasteiger partial charge in [-0.15, -0.1) is 0 Å². The van der Waals surface area contributed by atoms with E-state index in [1.165, 1.54) is 0 Å². The minimum Gasteiger partial charge on any atom is -0.409 e. The van der Waals surface area contributed by atoms with Crippen molar-refractivity contribution in [3.8, 4) is 0 Å². The smallest absolute Gasteiger partial charge is 0.140 e. The maximum atomic E-state index is 8.61. The Labute approximate surface area is 121 Å². The third kappa shape index (κ3) is 6.43. The minimum atomic E-state index is 0.244. The van der Waals surface area contributed by atoms with Crippen molar-refractivity contribution in [1.29, 1.82) is 0 Å². The molecule has 0 unspecified atom stereocenters. The van der Waals surface area contributed by atoms with Gasteiger partial charge in [-0.3, -0.25) is 0 Å². The van der Waals surface area contributed by atoms with Crippen LogP contribution in [0.15, 0.2) is 35.5 Å². The quantitative estimate of drug-likeness (QED) is 0.239. The SMILES string of the molecule is CC(C)COCCN(CC/C(N)=N/O)c1ccccc1. The molecule has 0 aromatic heterocycles. The summed E-state index contributed by atoms with van der Waals surface area (Å²) in [6.45, 7) is 7.19. The first-order chi connectivity index (χ1) is 9.63. The summed E-state index contributed by atoms with van der Waals surface area (Å²) in [5, 5.41) is 11.6. The van der Waals surface area contributed by atoms with Crippen molar-refractivity contribution < 1.29 is 9.94 Å². The summed E-state index contributed by atoms with van der Waals surface area (Å²) in [5.74, 6) is 0.784. The summed E-state index contributed by atoms with van der Waals surface area (Å²) < 4.78 is 5.63. The molecule has 0 aliphatic carbocycles. The number of nitrogens with two attached hydrogens (primary N) is 1. The summed E-state index contributed by atoms with van der Waals surface area (Å²) in [5.41, 5.74) is 6.65. The van der Waals surface area contributed by atoms with Crippen LogP contribution in [0.5, 0.6) is 0 Å². The van der Waals surface area contributed by atoms with Gasteiger partial charge in [-0.2, -0.15) is 0 Å². The zero-order valence-electron chi connectivity index (χ0n) is 12.3. The standard InChI is InChI=1S/C15H25N3O2/c1-13(2)12-20-11-10-18(9-8-15(16)17-19)14-6-4-3-5-7-14/h3-7,13,19H,8-12H2,1-2H3,(H2,16,17). The van der Waals surface area contributed by atoms with E-state index in [-0.39, 0.29) is 5.84 Å². The van der Waals surface area contributed by atoms with Crippen molar-refractivity contribution in [1.82, 2.24) is 0 Å². The van der Waals surface area contributed by atoms with Gasteiger partial charge >= 0.3 is 0 Å². The minimum absolute atomic E-state index is 0.244. The molecule has 1 aromatic carbocycles. The van der Waals surface area contributed by atoms with E-state index < -0.39 is 0 Å². The lowest BCUT2D eigenvalue weighted by molar-refractivity contribution is 0.115. The van der Waals surface area contributed by atoms with E-state index in [4.69, 9.17) is 15.7 Å². The maximum Gasteiger partial charge on any atom is 0.140 e. The molecule has 0 aliphatic heterocycles. The molecule has 0 aliphatic rings. The van der Waals surface area contributed by atoms with Crippen LogP contribution < -0.4 is 10.6 Å². The topological polar surface area (TPSA) is 71.1 Å². The summed E-state index contributed by atoms with van der Waals surface area (Å²) >= 11 is 0. The van der Waals surface area contributed by atoms with Gasteiger partial charge in [-0.1, -0.05) is 37.2 Å². The second-order valence-corrected chi connectivity index (χ2v) is 5.13. The number of amidine groups is 1. The van der Waals surface area contributed by atoms with E-state index >= 15 is 0 Å². The Kier molecular flexibility index (Phi) is 7.50. The molecule has 0 heterocycles. The summed E-state index contributed by atoms with van der Waals surface area (Å²) in [4.78, 5) is 2.18. The molecule has 20 heavy (non-hydrogen) atoms. The van der Waals surface area contributed by atoms with Crippen molar-refractivity contribution in [3.63, 3.8) is 0 Å². The Hall–Kier alpha value is -1.75. The molecule has 0 fully saturated rings. The number of rotatable bonds is 9. The van der Waals surface area contributed by atoms with Gasteiger partial charge < -0.3 is 20.6 Å². The summed E-state index contributed by atoms with van der Waals surface area (Å²) in [6.07, 6.45) is 0.523. The highest BCUT2D eigenvalue weighted by molar-refractivity contribution is 5.80. The highest BCUT2D eigenvalue weighted by atomic mass is 16.5. The molecule has 3 N–H and O–H groups in total. The number of hydrogen-bond acceptors (Lipinski definition) is 4. The van der Waals surface area contributed by atoms with Crippen molar-refractivity contribution in [2.24, 2.45) is 16.8 Å². The number of hydrogen-bond donors (Lipinski definition) is 2. The molecule has 5 nitrogen and oxygen atoms in total. The molecule has 112 valence electrons. The van der Waals surface area contributed by atoms with Crippen LogP contribution in [0.25, 0.3) is 0 Å². The molecule has 0 amide bonds. The van der Waals surface area contributed by atoms with E-state index in [2.05, 4.69) is 36.0 Å². The van der Waals surface area contributed by atoms with Crippen LogP contribution in [0.2, 0.25) is 0 Å². The van der Waals surface area contributed by atoms with Crippen LogP contribution >= 0.6 is 0 Å². The first-order valence-corrected chi connectivity index (χ1v) is 6.97. The number of ether oxygens (including phenoxy) is 1. The number of anilines is 1. The lowest BCUT2D eigenvalue weighted by atomic mass is 10.2. The lowest BCUT2D eigenvalue weighted by Crippen LogP contribution is -2.31. The highest BCUT2D eigenvalue weighted by Gasteiger charge is 2.07. The molecule has 1 aromatic rings. The first-order valence-electron chi connectivity index (χ1n) is 6.97. The number of benzene rings is 1. The lowest BCUT2D eigenvalue weighted by Gasteiger charge is -2.24. The average molecular weight is 279 g/mol. The van der Waals surface area contributed by atoms with Crippen LogP contribution in [-0.2, 0) is 4.74 Å². The fraction of sp³-hybridized carbons (Fsp3) is 0.533. The zero-order valence-corrected chi connectivity index (χ0v) is 12.3. The molecule has 0 saturated carbocycles. The Morgan fingerprint density at radius 3 is 2.60 bits per heavy atom. The van der Waals surface area contributed by atoms with E-state index in [0.29, 0.717) is 25.5 Å². The van der Waals surface area contributed by atoms with Gasteiger partial charge in [0.05, 0.1) is 6.61 Å². The summed E-state index contributed by atoms with van der Waals surface area (Å²) in [7, 11) is 0. The Bertz CT molecular complexity index is 393. The highest BCUT2D eigenvalue weighted by Crippen LogP contribution is 2.13. The van der Waals surface area contributed by atoms with Gasteiger partial charge in [0.1, 0.15) is 5.84 Å². The molecule has 0 bridgehead atoms. The molecule has 1 rings (SSSR count). The number of oxime groups is 1. The van der Waals surface area contributed by atoms with Crippen molar-refractivity contribution in [2.45, 2.75) is 20.3 Å². The fourth-order valence-corrected chi connectivity index (χ4v) is 1.80. The zero-order chi connectivity index (χ0) is 14.8.